The van der Waals surface area contributed by atoms with Crippen molar-refractivity contribution in [3.63, 3.8) is 0 Å². The van der Waals surface area contributed by atoms with Gasteiger partial charge in [-0.15, -0.1) is 0 Å². The third-order valence-electron chi connectivity index (χ3n) is 3.66. The van der Waals surface area contributed by atoms with Crippen LogP contribution in [-0.4, -0.2) is 24.0 Å². The summed E-state index contributed by atoms with van der Waals surface area (Å²) < 4.78 is 5.45. The monoisotopic (exact) mass is 307 g/mol. The van der Waals surface area contributed by atoms with Gasteiger partial charge in [0.05, 0.1) is 23.6 Å². The van der Waals surface area contributed by atoms with Gasteiger partial charge in [-0.2, -0.15) is 0 Å². The Morgan fingerprint density at radius 2 is 1.83 bits per heavy atom. The normalized spacial score (nSPS) is 12.7. The van der Waals surface area contributed by atoms with E-state index in [9.17, 15) is 9.90 Å². The molecule has 0 bridgehead atoms. The van der Waals surface area contributed by atoms with Crippen LogP contribution in [0, 0.1) is 0 Å². The molecule has 4 heteroatoms. The average molecular weight is 307 g/mol. The number of para-hydroxylation sites is 1. The zero-order chi connectivity index (χ0) is 16.1. The van der Waals surface area contributed by atoms with Gasteiger partial charge in [0.2, 0.25) is 5.43 Å². The summed E-state index contributed by atoms with van der Waals surface area (Å²) in [5.41, 5.74) is 1.91. The summed E-state index contributed by atoms with van der Waals surface area (Å²) in [5, 5.41) is 10.0. The van der Waals surface area contributed by atoms with Gasteiger partial charge in [0, 0.05) is 6.21 Å². The minimum Gasteiger partial charge on any atom is -0.463 e. The van der Waals surface area contributed by atoms with Crippen molar-refractivity contribution in [1.29, 1.82) is 0 Å². The molecule has 116 valence electrons. The Hall–Kier alpha value is -2.72. The van der Waals surface area contributed by atoms with E-state index in [4.69, 9.17) is 4.42 Å². The molecule has 4 nitrogen and oxygen atoms in total. The van der Waals surface area contributed by atoms with E-state index in [0.717, 1.165) is 5.56 Å². The van der Waals surface area contributed by atoms with Crippen molar-refractivity contribution in [2.24, 2.45) is 4.99 Å². The Morgan fingerprint density at radius 3 is 2.61 bits per heavy atom. The van der Waals surface area contributed by atoms with E-state index in [1.165, 1.54) is 12.5 Å². The number of aliphatic hydroxyl groups excluding tert-OH is 1. The molecule has 0 amide bonds. The van der Waals surface area contributed by atoms with Crippen molar-refractivity contribution in [3.05, 3.63) is 82.2 Å². The molecule has 1 heterocycles. The zero-order valence-electron chi connectivity index (χ0n) is 12.6. The zero-order valence-corrected chi connectivity index (χ0v) is 12.6. The van der Waals surface area contributed by atoms with Crippen LogP contribution in [0.4, 0.5) is 0 Å². The summed E-state index contributed by atoms with van der Waals surface area (Å²) in [6.07, 6.45) is 3.51. The van der Waals surface area contributed by atoms with E-state index >= 15 is 0 Å². The van der Waals surface area contributed by atoms with Crippen LogP contribution in [0.1, 0.15) is 11.1 Å². The van der Waals surface area contributed by atoms with Gasteiger partial charge >= 0.3 is 0 Å². The molecular weight excluding hydrogens is 290 g/mol. The van der Waals surface area contributed by atoms with E-state index in [1.54, 1.807) is 18.2 Å². The Labute approximate surface area is 133 Å². The Bertz CT molecular complexity index is 868. The maximum absolute atomic E-state index is 12.4. The SMILES string of the molecule is O=c1c(C=NC(CO)Cc2ccccc2)coc2ccccc12. The molecule has 3 rings (SSSR count). The number of rotatable bonds is 5. The standard InChI is InChI=1S/C19H17NO3/c21-12-16(10-14-6-2-1-3-7-14)20-11-15-13-23-18-9-5-4-8-17(18)19(15)22/h1-9,11,13,16,21H,10,12H2. The minimum absolute atomic E-state index is 0.0791. The predicted octanol–water partition coefficient (Wildman–Crippen LogP) is 2.82. The van der Waals surface area contributed by atoms with E-state index < -0.39 is 0 Å². The number of aliphatic imine (C=N–C) groups is 1. The van der Waals surface area contributed by atoms with E-state index in [2.05, 4.69) is 4.99 Å². The van der Waals surface area contributed by atoms with Crippen LogP contribution < -0.4 is 5.43 Å². The van der Waals surface area contributed by atoms with Gasteiger partial charge < -0.3 is 9.52 Å². The largest absolute Gasteiger partial charge is 0.463 e. The van der Waals surface area contributed by atoms with Crippen molar-refractivity contribution >= 4 is 17.2 Å². The number of hydrogen-bond donors (Lipinski definition) is 1. The van der Waals surface area contributed by atoms with Crippen molar-refractivity contribution in [2.45, 2.75) is 12.5 Å². The van der Waals surface area contributed by atoms with Crippen molar-refractivity contribution in [3.8, 4) is 0 Å². The molecule has 0 spiro atoms. The van der Waals surface area contributed by atoms with E-state index in [-0.39, 0.29) is 18.1 Å². The first-order chi connectivity index (χ1) is 11.3. The molecule has 23 heavy (non-hydrogen) atoms. The first-order valence-electron chi connectivity index (χ1n) is 7.46. The fourth-order valence-electron chi connectivity index (χ4n) is 2.42. The van der Waals surface area contributed by atoms with Crippen LogP contribution in [0.5, 0.6) is 0 Å². The molecule has 3 aromatic rings. The fraction of sp³-hybridized carbons (Fsp3) is 0.158. The van der Waals surface area contributed by atoms with Crippen LogP contribution in [0.2, 0.25) is 0 Å². The number of hydrogen-bond acceptors (Lipinski definition) is 4. The van der Waals surface area contributed by atoms with Crippen LogP contribution in [-0.2, 0) is 6.42 Å². The quantitative estimate of drug-likeness (QED) is 0.737. The Kier molecular flexibility index (Phi) is 4.64. The Morgan fingerprint density at radius 1 is 1.09 bits per heavy atom. The highest BCUT2D eigenvalue weighted by atomic mass is 16.3. The lowest BCUT2D eigenvalue weighted by Crippen LogP contribution is -2.15. The van der Waals surface area contributed by atoms with Crippen molar-refractivity contribution in [2.75, 3.05) is 6.61 Å². The first kappa shape index (κ1) is 15.2. The van der Waals surface area contributed by atoms with Gasteiger partial charge in [0.25, 0.3) is 0 Å². The van der Waals surface area contributed by atoms with Gasteiger partial charge in [-0.1, -0.05) is 42.5 Å². The topological polar surface area (TPSA) is 62.8 Å². The molecule has 1 aromatic heterocycles. The summed E-state index contributed by atoms with van der Waals surface area (Å²) >= 11 is 0. The van der Waals surface area contributed by atoms with Gasteiger partial charge in [-0.25, -0.2) is 0 Å². The molecular formula is C19H17NO3. The van der Waals surface area contributed by atoms with Crippen LogP contribution >= 0.6 is 0 Å². The minimum atomic E-state index is -0.289. The molecule has 1 N–H and O–H groups in total. The smallest absolute Gasteiger partial charge is 0.201 e. The third kappa shape index (κ3) is 3.55. The first-order valence-corrected chi connectivity index (χ1v) is 7.46. The molecule has 1 unspecified atom stereocenters. The van der Waals surface area contributed by atoms with Gasteiger partial charge in [-0.3, -0.25) is 9.79 Å². The lowest BCUT2D eigenvalue weighted by atomic mass is 10.1. The lowest BCUT2D eigenvalue weighted by molar-refractivity contribution is 0.266. The van der Waals surface area contributed by atoms with E-state index in [0.29, 0.717) is 23.0 Å². The maximum Gasteiger partial charge on any atom is 0.201 e. The number of nitrogens with zero attached hydrogens (tertiary/aromatic N) is 1. The second kappa shape index (κ2) is 7.03. The Balaban J connectivity index is 1.83. The highest BCUT2D eigenvalue weighted by molar-refractivity contribution is 5.86. The number of benzene rings is 2. The van der Waals surface area contributed by atoms with Gasteiger partial charge in [0.1, 0.15) is 11.8 Å². The highest BCUT2D eigenvalue weighted by Gasteiger charge is 2.08. The lowest BCUT2D eigenvalue weighted by Gasteiger charge is -2.08. The molecule has 0 aliphatic rings. The van der Waals surface area contributed by atoms with Crippen LogP contribution in [0.15, 0.2) is 75.1 Å². The molecule has 0 saturated heterocycles. The highest BCUT2D eigenvalue weighted by Crippen LogP contribution is 2.10. The summed E-state index contributed by atoms with van der Waals surface area (Å²) in [6.45, 7) is -0.0791. The molecule has 0 aliphatic carbocycles. The van der Waals surface area contributed by atoms with Crippen LogP contribution in [0.3, 0.4) is 0 Å². The number of fused-ring (bicyclic) bond motifs is 1. The molecule has 0 saturated carbocycles. The summed E-state index contributed by atoms with van der Waals surface area (Å²) in [6, 6.07) is 16.6. The van der Waals surface area contributed by atoms with Gasteiger partial charge in [-0.05, 0) is 24.1 Å². The van der Waals surface area contributed by atoms with Crippen molar-refractivity contribution < 1.29 is 9.52 Å². The molecule has 0 aliphatic heterocycles. The third-order valence-corrected chi connectivity index (χ3v) is 3.66. The summed E-state index contributed by atoms with van der Waals surface area (Å²) in [4.78, 5) is 16.7. The summed E-state index contributed by atoms with van der Waals surface area (Å²) in [7, 11) is 0. The second-order valence-corrected chi connectivity index (χ2v) is 5.32. The second-order valence-electron chi connectivity index (χ2n) is 5.32. The van der Waals surface area contributed by atoms with E-state index in [1.807, 2.05) is 36.4 Å². The van der Waals surface area contributed by atoms with Gasteiger partial charge in [0.15, 0.2) is 0 Å². The molecule has 1 atom stereocenters. The average Bonchev–Trinajstić information content (AvgIpc) is 2.61. The van der Waals surface area contributed by atoms with Crippen LogP contribution in [0.25, 0.3) is 11.0 Å². The molecule has 2 aromatic carbocycles. The fourth-order valence-corrected chi connectivity index (χ4v) is 2.42. The predicted molar refractivity (Wildman–Crippen MR) is 91.1 cm³/mol. The maximum atomic E-state index is 12.4. The number of aliphatic hydroxyl groups is 1. The van der Waals surface area contributed by atoms with Crippen molar-refractivity contribution in [1.82, 2.24) is 0 Å². The molecule has 0 fully saturated rings. The molecule has 0 radical (unpaired) electrons. The summed E-state index contributed by atoms with van der Waals surface area (Å²) in [5.74, 6) is 0.